The number of nitrogens with one attached hydrogen (secondary N) is 2. The number of amides is 2. The van der Waals surface area contributed by atoms with Gasteiger partial charge in [-0.3, -0.25) is 14.5 Å². The van der Waals surface area contributed by atoms with E-state index in [4.69, 9.17) is 0 Å². The van der Waals surface area contributed by atoms with Crippen LogP contribution in [0.3, 0.4) is 0 Å². The second-order valence-corrected chi connectivity index (χ2v) is 8.59. The Kier molecular flexibility index (Phi) is 5.73. The SMILES string of the molecule is Cc1nc(N2CCCC(NCC3CC3)C2=O)sc1C(=O)NCc1ccccc1. The summed E-state index contributed by atoms with van der Waals surface area (Å²) in [5, 5.41) is 7.00. The summed E-state index contributed by atoms with van der Waals surface area (Å²) in [4.78, 5) is 32.4. The highest BCUT2D eigenvalue weighted by molar-refractivity contribution is 7.17. The Morgan fingerprint density at radius 2 is 2.04 bits per heavy atom. The molecule has 0 spiro atoms. The molecule has 2 fully saturated rings. The van der Waals surface area contributed by atoms with Crippen LogP contribution in [0.2, 0.25) is 0 Å². The Balaban J connectivity index is 1.41. The van der Waals surface area contributed by atoms with Gasteiger partial charge in [-0.1, -0.05) is 41.7 Å². The van der Waals surface area contributed by atoms with E-state index in [1.807, 2.05) is 37.3 Å². The molecule has 1 aromatic carbocycles. The fraction of sp³-hybridized carbons (Fsp3) is 0.476. The van der Waals surface area contributed by atoms with Crippen molar-refractivity contribution in [2.75, 3.05) is 18.0 Å². The van der Waals surface area contributed by atoms with E-state index in [2.05, 4.69) is 15.6 Å². The van der Waals surface area contributed by atoms with Crippen LogP contribution in [-0.4, -0.2) is 35.9 Å². The first kappa shape index (κ1) is 19.1. The Morgan fingerprint density at radius 3 is 2.79 bits per heavy atom. The van der Waals surface area contributed by atoms with Crippen LogP contribution in [0.1, 0.15) is 46.6 Å². The highest BCUT2D eigenvalue weighted by Crippen LogP contribution is 2.30. The van der Waals surface area contributed by atoms with Crippen LogP contribution >= 0.6 is 11.3 Å². The minimum absolute atomic E-state index is 0.0805. The summed E-state index contributed by atoms with van der Waals surface area (Å²) in [6, 6.07) is 9.68. The van der Waals surface area contributed by atoms with Crippen LogP contribution in [-0.2, 0) is 11.3 Å². The number of aryl methyl sites for hydroxylation is 1. The number of hydrogen-bond donors (Lipinski definition) is 2. The van der Waals surface area contributed by atoms with Gasteiger partial charge >= 0.3 is 0 Å². The van der Waals surface area contributed by atoms with Crippen LogP contribution in [0.25, 0.3) is 0 Å². The first-order valence-electron chi connectivity index (χ1n) is 9.96. The van der Waals surface area contributed by atoms with Gasteiger partial charge in [-0.2, -0.15) is 0 Å². The maximum Gasteiger partial charge on any atom is 0.263 e. The molecule has 2 aromatic rings. The molecule has 2 N–H and O–H groups in total. The van der Waals surface area contributed by atoms with Gasteiger partial charge in [0.05, 0.1) is 11.7 Å². The molecule has 4 rings (SSSR count). The third-order valence-corrected chi connectivity index (χ3v) is 6.49. The lowest BCUT2D eigenvalue weighted by molar-refractivity contribution is -0.121. The monoisotopic (exact) mass is 398 g/mol. The molecule has 1 aromatic heterocycles. The molecule has 1 atom stereocenters. The molecule has 1 saturated heterocycles. The van der Waals surface area contributed by atoms with Gasteiger partial charge in [-0.15, -0.1) is 0 Å². The summed E-state index contributed by atoms with van der Waals surface area (Å²) < 4.78 is 0. The second kappa shape index (κ2) is 8.41. The van der Waals surface area contributed by atoms with E-state index in [0.717, 1.165) is 30.9 Å². The minimum Gasteiger partial charge on any atom is -0.347 e. The predicted octanol–water partition coefficient (Wildman–Crippen LogP) is 2.88. The highest BCUT2D eigenvalue weighted by atomic mass is 32.1. The Morgan fingerprint density at radius 1 is 1.25 bits per heavy atom. The van der Waals surface area contributed by atoms with Crippen molar-refractivity contribution in [1.82, 2.24) is 15.6 Å². The lowest BCUT2D eigenvalue weighted by Gasteiger charge is -2.31. The van der Waals surface area contributed by atoms with Crippen LogP contribution in [0.5, 0.6) is 0 Å². The van der Waals surface area contributed by atoms with E-state index in [-0.39, 0.29) is 17.9 Å². The molecule has 0 radical (unpaired) electrons. The lowest BCUT2D eigenvalue weighted by atomic mass is 10.1. The fourth-order valence-corrected chi connectivity index (χ4v) is 4.47. The van der Waals surface area contributed by atoms with Crippen molar-refractivity contribution in [2.24, 2.45) is 5.92 Å². The van der Waals surface area contributed by atoms with Gasteiger partial charge in [0.25, 0.3) is 5.91 Å². The van der Waals surface area contributed by atoms with Crippen LogP contribution in [0.15, 0.2) is 30.3 Å². The quantitative estimate of drug-likeness (QED) is 0.752. The number of hydrogen-bond acceptors (Lipinski definition) is 5. The summed E-state index contributed by atoms with van der Waals surface area (Å²) in [5.41, 5.74) is 1.72. The van der Waals surface area contributed by atoms with Crippen molar-refractivity contribution in [3.8, 4) is 0 Å². The number of thiazole rings is 1. The maximum absolute atomic E-state index is 12.9. The van der Waals surface area contributed by atoms with Crippen molar-refractivity contribution in [1.29, 1.82) is 0 Å². The molecule has 1 aliphatic carbocycles. The summed E-state index contributed by atoms with van der Waals surface area (Å²) in [6.45, 7) is 3.89. The molecule has 148 valence electrons. The number of aromatic nitrogens is 1. The van der Waals surface area contributed by atoms with Gasteiger partial charge in [0.2, 0.25) is 5.91 Å². The molecular weight excluding hydrogens is 372 g/mol. The third kappa shape index (κ3) is 4.42. The molecule has 1 unspecified atom stereocenters. The molecule has 2 amide bonds. The third-order valence-electron chi connectivity index (χ3n) is 5.31. The zero-order chi connectivity index (χ0) is 19.5. The van der Waals surface area contributed by atoms with Gasteiger partial charge in [-0.25, -0.2) is 4.98 Å². The molecule has 6 nitrogen and oxygen atoms in total. The zero-order valence-electron chi connectivity index (χ0n) is 16.1. The molecule has 2 heterocycles. The van der Waals surface area contributed by atoms with E-state index in [1.54, 1.807) is 4.90 Å². The Labute approximate surface area is 169 Å². The molecular formula is C21H26N4O2S. The number of nitrogens with zero attached hydrogens (tertiary/aromatic N) is 2. The van der Waals surface area contributed by atoms with Gasteiger partial charge < -0.3 is 10.6 Å². The zero-order valence-corrected chi connectivity index (χ0v) is 16.9. The van der Waals surface area contributed by atoms with Crippen molar-refractivity contribution < 1.29 is 9.59 Å². The topological polar surface area (TPSA) is 74.3 Å². The summed E-state index contributed by atoms with van der Waals surface area (Å²) in [5.74, 6) is 0.681. The number of carbonyl (C=O) groups is 2. The average molecular weight is 399 g/mol. The first-order valence-corrected chi connectivity index (χ1v) is 10.8. The summed E-state index contributed by atoms with van der Waals surface area (Å²) in [7, 11) is 0. The molecule has 0 bridgehead atoms. The fourth-order valence-electron chi connectivity index (χ4n) is 3.45. The minimum atomic E-state index is -0.141. The van der Waals surface area contributed by atoms with Gasteiger partial charge in [0.15, 0.2) is 5.13 Å². The number of rotatable bonds is 7. The largest absolute Gasteiger partial charge is 0.347 e. The number of benzene rings is 1. The number of piperidine rings is 1. The van der Waals surface area contributed by atoms with E-state index < -0.39 is 0 Å². The van der Waals surface area contributed by atoms with Gasteiger partial charge in [-0.05, 0) is 50.6 Å². The second-order valence-electron chi connectivity index (χ2n) is 7.62. The average Bonchev–Trinajstić information content (AvgIpc) is 3.46. The maximum atomic E-state index is 12.9. The number of anilines is 1. The van der Waals surface area contributed by atoms with Crippen molar-refractivity contribution in [2.45, 2.75) is 45.2 Å². The van der Waals surface area contributed by atoms with Crippen molar-refractivity contribution >= 4 is 28.3 Å². The smallest absolute Gasteiger partial charge is 0.263 e. The lowest BCUT2D eigenvalue weighted by Crippen LogP contribution is -2.51. The summed E-state index contributed by atoms with van der Waals surface area (Å²) in [6.07, 6.45) is 4.36. The van der Waals surface area contributed by atoms with Crippen LogP contribution in [0, 0.1) is 12.8 Å². The van der Waals surface area contributed by atoms with Crippen LogP contribution in [0.4, 0.5) is 5.13 Å². The van der Waals surface area contributed by atoms with E-state index in [1.165, 1.54) is 24.2 Å². The Bertz CT molecular complexity index is 847. The molecule has 1 aliphatic heterocycles. The van der Waals surface area contributed by atoms with Crippen LogP contribution < -0.4 is 15.5 Å². The first-order chi connectivity index (χ1) is 13.6. The molecule has 7 heteroatoms. The highest BCUT2D eigenvalue weighted by Gasteiger charge is 2.33. The van der Waals surface area contributed by atoms with Crippen molar-refractivity contribution in [3.63, 3.8) is 0 Å². The predicted molar refractivity (Wildman–Crippen MR) is 111 cm³/mol. The van der Waals surface area contributed by atoms with E-state index >= 15 is 0 Å². The molecule has 28 heavy (non-hydrogen) atoms. The summed E-state index contributed by atoms with van der Waals surface area (Å²) >= 11 is 1.31. The van der Waals surface area contributed by atoms with Gasteiger partial charge in [0, 0.05) is 13.1 Å². The van der Waals surface area contributed by atoms with E-state index in [0.29, 0.717) is 28.8 Å². The standard InChI is InChI=1S/C21H26N4O2S/c1-14-18(19(26)23-13-15-6-3-2-4-7-15)28-21(24-14)25-11-5-8-17(20(25)27)22-12-16-9-10-16/h2-4,6-7,16-17,22H,5,8-13H2,1H3,(H,23,26). The van der Waals surface area contributed by atoms with E-state index in [9.17, 15) is 9.59 Å². The molecule has 1 saturated carbocycles. The molecule has 2 aliphatic rings. The Hall–Kier alpha value is -2.25. The number of carbonyl (C=O) groups excluding carboxylic acids is 2. The van der Waals surface area contributed by atoms with Gasteiger partial charge in [0.1, 0.15) is 4.88 Å². The normalized spacial score (nSPS) is 19.7. The van der Waals surface area contributed by atoms with Crippen molar-refractivity contribution in [3.05, 3.63) is 46.5 Å².